The third kappa shape index (κ3) is 1.89. The van der Waals surface area contributed by atoms with Crippen molar-refractivity contribution in [2.45, 2.75) is 22.7 Å². The van der Waals surface area contributed by atoms with Crippen LogP contribution in [0, 0.1) is 0 Å². The number of rotatable bonds is 1. The molecule has 0 bridgehead atoms. The molecule has 0 aliphatic carbocycles. The van der Waals surface area contributed by atoms with E-state index in [1.165, 1.54) is 19.1 Å². The zero-order valence-corrected chi connectivity index (χ0v) is 10.2. The molecule has 1 unspecified atom stereocenters. The molecule has 1 aliphatic heterocycles. The van der Waals surface area contributed by atoms with Crippen molar-refractivity contribution in [2.75, 3.05) is 4.31 Å². The molecule has 0 amide bonds. The molecule has 1 atom stereocenters. The van der Waals surface area contributed by atoms with Crippen molar-refractivity contribution >= 4 is 27.5 Å². The summed E-state index contributed by atoms with van der Waals surface area (Å²) in [7, 11) is -5.33. The first kappa shape index (κ1) is 12.6. The zero-order chi connectivity index (χ0) is 12.8. The van der Waals surface area contributed by atoms with Gasteiger partial charge in [-0.2, -0.15) is 21.6 Å². The topological polar surface area (TPSA) is 37.4 Å². The highest BCUT2D eigenvalue weighted by molar-refractivity contribution is 8.02. The fraction of sp³-hybridized carbons (Fsp3) is 0.333. The zero-order valence-electron chi connectivity index (χ0n) is 8.60. The number of halogens is 3. The summed E-state index contributed by atoms with van der Waals surface area (Å²) in [4.78, 5) is 0.535. The fourth-order valence-corrected chi connectivity index (χ4v) is 4.18. The molecule has 0 spiro atoms. The van der Waals surface area contributed by atoms with Crippen molar-refractivity contribution in [1.29, 1.82) is 0 Å². The van der Waals surface area contributed by atoms with Gasteiger partial charge < -0.3 is 0 Å². The number of thioether (sulfide) groups is 1. The van der Waals surface area contributed by atoms with Crippen molar-refractivity contribution < 1.29 is 21.6 Å². The minimum Gasteiger partial charge on any atom is -0.248 e. The Kier molecular flexibility index (Phi) is 2.81. The molecule has 1 heterocycles. The van der Waals surface area contributed by atoms with Gasteiger partial charge in [-0.25, -0.2) is 4.31 Å². The molecule has 0 saturated carbocycles. The molecule has 94 valence electrons. The minimum atomic E-state index is -5.33. The first-order valence-corrected chi connectivity index (χ1v) is 6.93. The van der Waals surface area contributed by atoms with E-state index in [-0.39, 0.29) is 5.69 Å². The maximum absolute atomic E-state index is 12.5. The summed E-state index contributed by atoms with van der Waals surface area (Å²) in [5, 5.41) is -0.793. The van der Waals surface area contributed by atoms with Gasteiger partial charge in [-0.05, 0) is 19.1 Å². The molecule has 8 heteroatoms. The molecule has 1 aromatic rings. The number of para-hydroxylation sites is 1. The van der Waals surface area contributed by atoms with Gasteiger partial charge in [0.15, 0.2) is 0 Å². The predicted octanol–water partition coefficient (Wildman–Crippen LogP) is 2.79. The van der Waals surface area contributed by atoms with Crippen LogP contribution in [0.2, 0.25) is 0 Å². The molecular weight excluding hydrogens is 275 g/mol. The van der Waals surface area contributed by atoms with Crippen molar-refractivity contribution in [1.82, 2.24) is 0 Å². The van der Waals surface area contributed by atoms with Crippen LogP contribution >= 0.6 is 11.8 Å². The van der Waals surface area contributed by atoms with Gasteiger partial charge in [0, 0.05) is 4.90 Å². The summed E-state index contributed by atoms with van der Waals surface area (Å²) in [5.74, 6) is 0. The van der Waals surface area contributed by atoms with E-state index in [2.05, 4.69) is 0 Å². The SMILES string of the molecule is CC1Sc2ccccc2N1S(=O)(=O)C(F)(F)F. The molecule has 1 aliphatic rings. The maximum Gasteiger partial charge on any atom is 0.516 e. The van der Waals surface area contributed by atoms with E-state index in [9.17, 15) is 21.6 Å². The lowest BCUT2D eigenvalue weighted by Gasteiger charge is -2.24. The Hall–Kier alpha value is -0.890. The molecule has 0 N–H and O–H groups in total. The van der Waals surface area contributed by atoms with Crippen LogP contribution in [-0.2, 0) is 10.0 Å². The quantitative estimate of drug-likeness (QED) is 0.795. The van der Waals surface area contributed by atoms with E-state index >= 15 is 0 Å². The van der Waals surface area contributed by atoms with Crippen LogP contribution in [0.15, 0.2) is 29.2 Å². The van der Waals surface area contributed by atoms with Crippen LogP contribution in [0.25, 0.3) is 0 Å². The molecule has 1 aromatic carbocycles. The Bertz CT molecular complexity index is 541. The number of fused-ring (bicyclic) bond motifs is 1. The lowest BCUT2D eigenvalue weighted by molar-refractivity contribution is -0.0438. The fourth-order valence-electron chi connectivity index (χ4n) is 1.60. The summed E-state index contributed by atoms with van der Waals surface area (Å²) in [6.45, 7) is 1.42. The Morgan fingerprint density at radius 2 is 1.88 bits per heavy atom. The lowest BCUT2D eigenvalue weighted by atomic mass is 10.3. The standard InChI is InChI=1S/C9H8F3NO2S2/c1-6-13(17(14,15)9(10,11)12)7-4-2-3-5-8(7)16-6/h2-6H,1H3. The summed E-state index contributed by atoms with van der Waals surface area (Å²) < 4.78 is 60.8. The van der Waals surface area contributed by atoms with E-state index in [0.717, 1.165) is 11.8 Å². The Labute approximate surface area is 101 Å². The van der Waals surface area contributed by atoms with Gasteiger partial charge in [-0.15, -0.1) is 0 Å². The summed E-state index contributed by atoms with van der Waals surface area (Å²) in [5.41, 5.74) is -5.19. The van der Waals surface area contributed by atoms with E-state index in [0.29, 0.717) is 9.20 Å². The van der Waals surface area contributed by atoms with Gasteiger partial charge in [0.2, 0.25) is 0 Å². The second-order valence-corrected chi connectivity index (χ2v) is 6.60. The van der Waals surface area contributed by atoms with Crippen molar-refractivity contribution in [2.24, 2.45) is 0 Å². The van der Waals surface area contributed by atoms with Gasteiger partial charge in [0.05, 0.1) is 11.1 Å². The maximum atomic E-state index is 12.5. The van der Waals surface area contributed by atoms with Crippen molar-refractivity contribution in [3.05, 3.63) is 24.3 Å². The molecular formula is C9H8F3NO2S2. The lowest BCUT2D eigenvalue weighted by Crippen LogP contribution is -2.42. The highest BCUT2D eigenvalue weighted by Crippen LogP contribution is 2.47. The van der Waals surface area contributed by atoms with Crippen LogP contribution in [-0.4, -0.2) is 19.3 Å². The first-order valence-electron chi connectivity index (χ1n) is 4.61. The molecule has 0 aromatic heterocycles. The van der Waals surface area contributed by atoms with Crippen LogP contribution in [0.1, 0.15) is 6.92 Å². The van der Waals surface area contributed by atoms with Crippen molar-refractivity contribution in [3.8, 4) is 0 Å². The molecule has 2 rings (SSSR count). The van der Waals surface area contributed by atoms with Crippen LogP contribution in [0.3, 0.4) is 0 Å². The largest absolute Gasteiger partial charge is 0.516 e. The number of benzene rings is 1. The predicted molar refractivity (Wildman–Crippen MR) is 59.2 cm³/mol. The number of anilines is 1. The summed E-state index contributed by atoms with van der Waals surface area (Å²) in [6.07, 6.45) is 0. The highest BCUT2D eigenvalue weighted by atomic mass is 32.2. The molecule has 3 nitrogen and oxygen atoms in total. The van der Waals surface area contributed by atoms with Crippen LogP contribution < -0.4 is 4.31 Å². The van der Waals surface area contributed by atoms with E-state index < -0.39 is 20.9 Å². The molecule has 0 saturated heterocycles. The summed E-state index contributed by atoms with van der Waals surface area (Å²) in [6, 6.07) is 6.14. The normalized spacial score (nSPS) is 20.5. The van der Waals surface area contributed by atoms with Crippen molar-refractivity contribution in [3.63, 3.8) is 0 Å². The van der Waals surface area contributed by atoms with Gasteiger partial charge in [0.1, 0.15) is 0 Å². The Balaban J connectivity index is 2.55. The molecule has 0 fully saturated rings. The van der Waals surface area contributed by atoms with E-state index in [1.807, 2.05) is 0 Å². The number of hydrogen-bond acceptors (Lipinski definition) is 3. The highest BCUT2D eigenvalue weighted by Gasteiger charge is 2.53. The van der Waals surface area contributed by atoms with Crippen LogP contribution in [0.4, 0.5) is 18.9 Å². The first-order chi connectivity index (χ1) is 7.75. The number of sulfonamides is 1. The van der Waals surface area contributed by atoms with Gasteiger partial charge in [-0.3, -0.25) is 0 Å². The average Bonchev–Trinajstić information content (AvgIpc) is 2.51. The summed E-state index contributed by atoms with van der Waals surface area (Å²) >= 11 is 1.09. The second-order valence-electron chi connectivity index (χ2n) is 3.43. The monoisotopic (exact) mass is 283 g/mol. The van der Waals surface area contributed by atoms with Gasteiger partial charge in [-0.1, -0.05) is 23.9 Å². The van der Waals surface area contributed by atoms with Gasteiger partial charge in [0.25, 0.3) is 0 Å². The number of alkyl halides is 3. The third-order valence-corrected chi connectivity index (χ3v) is 5.18. The number of hydrogen-bond donors (Lipinski definition) is 0. The minimum absolute atomic E-state index is 0.0855. The third-order valence-electron chi connectivity index (χ3n) is 2.28. The van der Waals surface area contributed by atoms with E-state index in [1.54, 1.807) is 12.1 Å². The Morgan fingerprint density at radius 3 is 2.47 bits per heavy atom. The van der Waals surface area contributed by atoms with Crippen LogP contribution in [0.5, 0.6) is 0 Å². The second kappa shape index (κ2) is 3.81. The smallest absolute Gasteiger partial charge is 0.248 e. The number of nitrogens with zero attached hydrogens (tertiary/aromatic N) is 1. The molecule has 17 heavy (non-hydrogen) atoms. The molecule has 0 radical (unpaired) electrons. The average molecular weight is 283 g/mol. The Morgan fingerprint density at radius 1 is 1.29 bits per heavy atom. The van der Waals surface area contributed by atoms with Gasteiger partial charge >= 0.3 is 15.5 Å². The van der Waals surface area contributed by atoms with E-state index in [4.69, 9.17) is 0 Å².